The van der Waals surface area contributed by atoms with Gasteiger partial charge in [-0.3, -0.25) is 19.7 Å². The molecular weight excluding hydrogens is 482 g/mol. The lowest BCUT2D eigenvalue weighted by Crippen LogP contribution is -2.35. The van der Waals surface area contributed by atoms with Crippen molar-refractivity contribution >= 4 is 67.3 Å². The number of benzene rings is 2. The number of nitrogens with one attached hydrogen (secondary N) is 2. The molecule has 33 heavy (non-hydrogen) atoms. The van der Waals surface area contributed by atoms with Gasteiger partial charge >= 0.3 is 5.97 Å². The van der Waals surface area contributed by atoms with E-state index in [1.165, 1.54) is 29.6 Å². The molecule has 0 fully saturated rings. The predicted octanol–water partition coefficient (Wildman–Crippen LogP) is 4.98. The Morgan fingerprint density at radius 1 is 1.09 bits per heavy atom. The molecule has 2 N–H and O–H groups in total. The third-order valence-electron chi connectivity index (χ3n) is 4.62. The van der Waals surface area contributed by atoms with Crippen LogP contribution in [0.1, 0.15) is 16.6 Å². The van der Waals surface area contributed by atoms with Crippen LogP contribution in [0.5, 0.6) is 0 Å². The fraction of sp³-hybridized carbons (Fsp3) is 0.130. The van der Waals surface area contributed by atoms with E-state index in [1.807, 2.05) is 60.0 Å². The van der Waals surface area contributed by atoms with Gasteiger partial charge in [0.1, 0.15) is 11.4 Å². The molecule has 0 saturated carbocycles. The van der Waals surface area contributed by atoms with Crippen molar-refractivity contribution < 1.29 is 19.1 Å². The van der Waals surface area contributed by atoms with Crippen LogP contribution in [0.25, 0.3) is 21.3 Å². The molecule has 0 unspecified atom stereocenters. The van der Waals surface area contributed by atoms with Crippen molar-refractivity contribution in [1.82, 2.24) is 10.3 Å². The van der Waals surface area contributed by atoms with Crippen molar-refractivity contribution in [2.75, 3.05) is 11.9 Å². The number of hydrogen-bond donors (Lipinski definition) is 2. The van der Waals surface area contributed by atoms with Gasteiger partial charge in [0.2, 0.25) is 0 Å². The highest BCUT2D eigenvalue weighted by molar-refractivity contribution is 7.21. The SMILES string of the molecule is C[C@@H](OC(=O)CNC(=O)c1sc2ccccc2c1Cl)C(=O)Nc1nc(-c2ccccc2)cs1. The summed E-state index contributed by atoms with van der Waals surface area (Å²) >= 11 is 8.80. The molecule has 1 atom stereocenters. The topological polar surface area (TPSA) is 97.4 Å². The van der Waals surface area contributed by atoms with Crippen LogP contribution >= 0.6 is 34.3 Å². The lowest BCUT2D eigenvalue weighted by Gasteiger charge is -2.12. The number of carbonyl (C=O) groups is 3. The first-order valence-electron chi connectivity index (χ1n) is 9.89. The van der Waals surface area contributed by atoms with E-state index in [9.17, 15) is 14.4 Å². The van der Waals surface area contributed by atoms with Gasteiger partial charge in [-0.1, -0.05) is 60.1 Å². The number of thiophene rings is 1. The number of carbonyl (C=O) groups excluding carboxylic acids is 3. The number of amides is 2. The van der Waals surface area contributed by atoms with E-state index >= 15 is 0 Å². The fourth-order valence-corrected chi connectivity index (χ4v) is 5.12. The Labute approximate surface area is 202 Å². The second-order valence-electron chi connectivity index (χ2n) is 6.95. The third kappa shape index (κ3) is 5.39. The zero-order valence-corrected chi connectivity index (χ0v) is 19.7. The maximum absolute atomic E-state index is 12.4. The molecule has 2 aromatic heterocycles. The smallest absolute Gasteiger partial charge is 0.326 e. The summed E-state index contributed by atoms with van der Waals surface area (Å²) in [7, 11) is 0. The zero-order chi connectivity index (χ0) is 23.4. The number of anilines is 1. The fourth-order valence-electron chi connectivity index (χ4n) is 2.96. The van der Waals surface area contributed by atoms with Crippen LogP contribution in [0.2, 0.25) is 5.02 Å². The van der Waals surface area contributed by atoms with Gasteiger partial charge in [-0.25, -0.2) is 4.98 Å². The normalized spacial score (nSPS) is 11.7. The van der Waals surface area contributed by atoms with Gasteiger partial charge in [0.25, 0.3) is 11.8 Å². The van der Waals surface area contributed by atoms with E-state index in [4.69, 9.17) is 16.3 Å². The summed E-state index contributed by atoms with van der Waals surface area (Å²) in [5.41, 5.74) is 1.67. The van der Waals surface area contributed by atoms with Crippen LogP contribution < -0.4 is 10.6 Å². The van der Waals surface area contributed by atoms with Crippen LogP contribution in [0.3, 0.4) is 0 Å². The summed E-state index contributed by atoms with van der Waals surface area (Å²) in [6, 6.07) is 16.9. The molecule has 168 valence electrons. The van der Waals surface area contributed by atoms with Crippen molar-refractivity contribution in [3.63, 3.8) is 0 Å². The van der Waals surface area contributed by atoms with Gasteiger partial charge in [0, 0.05) is 21.0 Å². The Hall–Kier alpha value is -3.27. The Balaban J connectivity index is 1.28. The van der Waals surface area contributed by atoms with E-state index in [-0.39, 0.29) is 0 Å². The number of rotatable bonds is 7. The molecule has 0 bridgehead atoms. The van der Waals surface area contributed by atoms with Crippen molar-refractivity contribution in [1.29, 1.82) is 0 Å². The average Bonchev–Trinajstić information content (AvgIpc) is 3.43. The Kier molecular flexibility index (Phi) is 7.02. The summed E-state index contributed by atoms with van der Waals surface area (Å²) in [6.07, 6.45) is -1.06. The van der Waals surface area contributed by atoms with E-state index < -0.39 is 30.4 Å². The molecule has 2 aromatic carbocycles. The van der Waals surface area contributed by atoms with Crippen molar-refractivity contribution in [2.45, 2.75) is 13.0 Å². The van der Waals surface area contributed by atoms with Crippen LogP contribution in [0.15, 0.2) is 60.0 Å². The maximum atomic E-state index is 12.4. The van der Waals surface area contributed by atoms with E-state index in [0.717, 1.165) is 21.3 Å². The average molecular weight is 500 g/mol. The van der Waals surface area contributed by atoms with E-state index in [2.05, 4.69) is 15.6 Å². The highest BCUT2D eigenvalue weighted by Gasteiger charge is 2.21. The summed E-state index contributed by atoms with van der Waals surface area (Å²) in [5.74, 6) is -1.74. The Morgan fingerprint density at radius 3 is 2.58 bits per heavy atom. The first kappa shape index (κ1) is 22.9. The summed E-state index contributed by atoms with van der Waals surface area (Å²) in [4.78, 5) is 41.6. The molecule has 2 heterocycles. The van der Waals surface area contributed by atoms with Crippen LogP contribution in [-0.2, 0) is 14.3 Å². The largest absolute Gasteiger partial charge is 0.451 e. The Morgan fingerprint density at radius 2 is 1.82 bits per heavy atom. The lowest BCUT2D eigenvalue weighted by molar-refractivity contribution is -0.152. The number of ether oxygens (including phenoxy) is 1. The van der Waals surface area contributed by atoms with E-state index in [0.29, 0.717) is 15.0 Å². The predicted molar refractivity (Wildman–Crippen MR) is 131 cm³/mol. The minimum Gasteiger partial charge on any atom is -0.451 e. The van der Waals surface area contributed by atoms with Gasteiger partial charge in [-0.15, -0.1) is 22.7 Å². The van der Waals surface area contributed by atoms with E-state index in [1.54, 1.807) is 0 Å². The highest BCUT2D eigenvalue weighted by Crippen LogP contribution is 2.35. The minimum atomic E-state index is -1.06. The molecule has 7 nitrogen and oxygen atoms in total. The number of aromatic nitrogens is 1. The number of nitrogens with zero attached hydrogens (tertiary/aromatic N) is 1. The monoisotopic (exact) mass is 499 g/mol. The molecule has 0 aliphatic heterocycles. The molecule has 10 heteroatoms. The Bertz CT molecular complexity index is 1320. The first-order chi connectivity index (χ1) is 15.9. The molecule has 2 amide bonds. The van der Waals surface area contributed by atoms with Gasteiger partial charge in [0.05, 0.1) is 10.7 Å². The zero-order valence-electron chi connectivity index (χ0n) is 17.3. The van der Waals surface area contributed by atoms with Gasteiger partial charge < -0.3 is 10.1 Å². The standard InChI is InChI=1S/C23H18ClN3O4S2/c1-13(21(29)27-23-26-16(12-32-23)14-7-3-2-4-8-14)31-18(28)11-25-22(30)20-19(24)15-9-5-6-10-17(15)33-20/h2-10,12-13H,11H2,1H3,(H,25,30)(H,26,27,29)/t13-/m1/s1. The summed E-state index contributed by atoms with van der Waals surface area (Å²) in [6.45, 7) is 1.06. The van der Waals surface area contributed by atoms with Crippen molar-refractivity contribution in [2.24, 2.45) is 0 Å². The summed E-state index contributed by atoms with van der Waals surface area (Å²) < 4.78 is 6.01. The highest BCUT2D eigenvalue weighted by atomic mass is 35.5. The molecule has 4 aromatic rings. The molecule has 0 saturated heterocycles. The number of halogens is 1. The number of esters is 1. The maximum Gasteiger partial charge on any atom is 0.326 e. The molecule has 0 aliphatic carbocycles. The van der Waals surface area contributed by atoms with Crippen LogP contribution in [0, 0.1) is 0 Å². The minimum absolute atomic E-state index is 0.314. The van der Waals surface area contributed by atoms with Crippen molar-refractivity contribution in [3.05, 3.63) is 69.9 Å². The van der Waals surface area contributed by atoms with Crippen molar-refractivity contribution in [3.8, 4) is 11.3 Å². The lowest BCUT2D eigenvalue weighted by atomic mass is 10.2. The van der Waals surface area contributed by atoms with Crippen LogP contribution in [-0.4, -0.2) is 35.4 Å². The van der Waals surface area contributed by atoms with Gasteiger partial charge in [-0.2, -0.15) is 0 Å². The second-order valence-corrected chi connectivity index (χ2v) is 9.24. The molecule has 0 radical (unpaired) electrons. The van der Waals surface area contributed by atoms with Gasteiger partial charge in [-0.05, 0) is 13.0 Å². The molecule has 0 aliphatic rings. The number of thiazole rings is 1. The van der Waals surface area contributed by atoms with Crippen LogP contribution in [0.4, 0.5) is 5.13 Å². The summed E-state index contributed by atoms with van der Waals surface area (Å²) in [5, 5.41) is 8.47. The molecular formula is C23H18ClN3O4S2. The number of fused-ring (bicyclic) bond motifs is 1. The molecule has 0 spiro atoms. The quantitative estimate of drug-likeness (QED) is 0.349. The second kappa shape index (κ2) is 10.1. The number of hydrogen-bond acceptors (Lipinski definition) is 7. The first-order valence-corrected chi connectivity index (χ1v) is 12.0. The van der Waals surface area contributed by atoms with Gasteiger partial charge in [0.15, 0.2) is 11.2 Å². The third-order valence-corrected chi connectivity index (χ3v) is 7.05. The molecule has 4 rings (SSSR count).